The van der Waals surface area contributed by atoms with E-state index in [2.05, 4.69) is 25.6 Å². The van der Waals surface area contributed by atoms with Crippen LogP contribution in [0.25, 0.3) is 17.5 Å². The molecule has 4 rings (SSSR count). The molecule has 1 saturated heterocycles. The molecular weight excluding hydrogens is 598 g/mol. The molecule has 1 aliphatic rings. The first-order chi connectivity index (χ1) is 20.5. The summed E-state index contributed by atoms with van der Waals surface area (Å²) in [6, 6.07) is 5.83. The zero-order valence-electron chi connectivity index (χ0n) is 23.3. The van der Waals surface area contributed by atoms with Crippen molar-refractivity contribution in [3.8, 4) is 17.1 Å². The Labute approximate surface area is 253 Å². The van der Waals surface area contributed by atoms with Crippen molar-refractivity contribution in [2.24, 2.45) is 0 Å². The Morgan fingerprint density at radius 1 is 1.00 bits per heavy atom. The lowest BCUT2D eigenvalue weighted by Crippen LogP contribution is -2.62. The van der Waals surface area contributed by atoms with Gasteiger partial charge in [0, 0.05) is 86.4 Å². The summed E-state index contributed by atoms with van der Waals surface area (Å²) in [5, 5.41) is 16.4. The number of piperazine rings is 1. The molecule has 0 radical (unpaired) electrons. The highest BCUT2D eigenvalue weighted by Crippen LogP contribution is 2.28. The molecule has 1 fully saturated rings. The lowest BCUT2D eigenvalue weighted by molar-refractivity contribution is -0.123. The minimum Gasteiger partial charge on any atom is -0.507 e. The summed E-state index contributed by atoms with van der Waals surface area (Å²) >= 11 is 5.87. The standard InChI is InChI=1S/C28H30ClN7O6S/c1-30-25(38)12-22-16-35(43(41,42)10-7-18-3-4-21(29)11-24(18)37)17-23(13-26(39)31-2)36(22)28(40)20-14-33-27(34-15-20)19-5-8-32-9-6-19/h3-11,14-15,22-23,37H,12-13,16-17H2,1-2H3,(H,30,38)(H,31,39)/b10-7+. The quantitative estimate of drug-likeness (QED) is 0.319. The molecule has 1 aromatic carbocycles. The molecule has 2 atom stereocenters. The molecule has 2 aromatic heterocycles. The van der Waals surface area contributed by atoms with Crippen LogP contribution in [0.4, 0.5) is 0 Å². The van der Waals surface area contributed by atoms with E-state index in [0.717, 1.165) is 9.71 Å². The van der Waals surface area contributed by atoms with Gasteiger partial charge in [0.2, 0.25) is 21.8 Å². The second kappa shape index (κ2) is 13.7. The van der Waals surface area contributed by atoms with Gasteiger partial charge in [-0.25, -0.2) is 18.4 Å². The monoisotopic (exact) mass is 627 g/mol. The Balaban J connectivity index is 1.67. The smallest absolute Gasteiger partial charge is 0.257 e. The van der Waals surface area contributed by atoms with E-state index in [1.165, 1.54) is 55.7 Å². The number of amides is 3. The maximum absolute atomic E-state index is 13.9. The number of rotatable bonds is 9. The summed E-state index contributed by atoms with van der Waals surface area (Å²) in [5.41, 5.74) is 1.03. The van der Waals surface area contributed by atoms with Crippen LogP contribution in [0.2, 0.25) is 5.02 Å². The van der Waals surface area contributed by atoms with E-state index in [1.54, 1.807) is 24.5 Å². The van der Waals surface area contributed by atoms with Crippen molar-refractivity contribution in [1.82, 2.24) is 34.8 Å². The van der Waals surface area contributed by atoms with Crippen LogP contribution >= 0.6 is 11.6 Å². The summed E-state index contributed by atoms with van der Waals surface area (Å²) < 4.78 is 28.0. The Bertz CT molecular complexity index is 1590. The third-order valence-electron chi connectivity index (χ3n) is 6.86. The van der Waals surface area contributed by atoms with Gasteiger partial charge in [-0.1, -0.05) is 11.6 Å². The van der Waals surface area contributed by atoms with Crippen molar-refractivity contribution in [2.75, 3.05) is 27.2 Å². The van der Waals surface area contributed by atoms with E-state index in [1.807, 2.05) is 0 Å². The molecule has 13 nitrogen and oxygen atoms in total. The summed E-state index contributed by atoms with van der Waals surface area (Å²) in [4.78, 5) is 52.9. The number of benzene rings is 1. The van der Waals surface area contributed by atoms with Crippen molar-refractivity contribution in [2.45, 2.75) is 24.9 Å². The number of hydrogen-bond acceptors (Lipinski definition) is 9. The highest BCUT2D eigenvalue weighted by atomic mass is 35.5. The van der Waals surface area contributed by atoms with Gasteiger partial charge in [-0.3, -0.25) is 19.4 Å². The van der Waals surface area contributed by atoms with E-state index in [9.17, 15) is 27.9 Å². The first-order valence-electron chi connectivity index (χ1n) is 13.2. The molecule has 1 aliphatic heterocycles. The second-order valence-electron chi connectivity index (χ2n) is 9.67. The molecule has 3 N–H and O–H groups in total. The molecule has 226 valence electrons. The van der Waals surface area contributed by atoms with Gasteiger partial charge in [0.05, 0.1) is 17.6 Å². The van der Waals surface area contributed by atoms with Crippen LogP contribution in [-0.2, 0) is 19.6 Å². The minimum absolute atomic E-state index is 0.107. The lowest BCUT2D eigenvalue weighted by atomic mass is 10.00. The van der Waals surface area contributed by atoms with Crippen LogP contribution in [0.1, 0.15) is 28.8 Å². The van der Waals surface area contributed by atoms with Gasteiger partial charge in [-0.15, -0.1) is 0 Å². The highest BCUT2D eigenvalue weighted by molar-refractivity contribution is 7.92. The minimum atomic E-state index is -4.13. The van der Waals surface area contributed by atoms with Gasteiger partial charge in [0.1, 0.15) is 5.75 Å². The number of nitrogens with zero attached hydrogens (tertiary/aromatic N) is 5. The third kappa shape index (κ3) is 7.71. The van der Waals surface area contributed by atoms with E-state index >= 15 is 0 Å². The van der Waals surface area contributed by atoms with E-state index in [-0.39, 0.29) is 47.8 Å². The fourth-order valence-electron chi connectivity index (χ4n) is 4.66. The van der Waals surface area contributed by atoms with Crippen LogP contribution in [0.15, 0.2) is 60.5 Å². The first-order valence-corrected chi connectivity index (χ1v) is 15.0. The number of carbonyl (C=O) groups is 3. The van der Waals surface area contributed by atoms with Gasteiger partial charge in [0.15, 0.2) is 5.82 Å². The van der Waals surface area contributed by atoms with E-state index < -0.39 is 39.8 Å². The van der Waals surface area contributed by atoms with Gasteiger partial charge < -0.3 is 20.6 Å². The normalized spacial score (nSPS) is 17.5. The van der Waals surface area contributed by atoms with Crippen LogP contribution in [-0.4, -0.2) is 94.7 Å². The third-order valence-corrected chi connectivity index (χ3v) is 8.59. The zero-order valence-corrected chi connectivity index (χ0v) is 24.9. The number of halogens is 1. The highest BCUT2D eigenvalue weighted by Gasteiger charge is 2.42. The fraction of sp³-hybridized carbons (Fsp3) is 0.286. The molecule has 15 heteroatoms. The lowest BCUT2D eigenvalue weighted by Gasteiger charge is -2.45. The number of carbonyl (C=O) groups excluding carboxylic acids is 3. The number of phenolic OH excluding ortho intramolecular Hbond substituents is 1. The summed E-state index contributed by atoms with van der Waals surface area (Å²) in [7, 11) is -1.27. The first kappa shape index (κ1) is 31.5. The largest absolute Gasteiger partial charge is 0.507 e. The topological polar surface area (TPSA) is 175 Å². The van der Waals surface area contributed by atoms with Crippen molar-refractivity contribution in [3.05, 3.63) is 76.7 Å². The Morgan fingerprint density at radius 2 is 1.58 bits per heavy atom. The number of nitrogens with one attached hydrogen (secondary N) is 2. The fourth-order valence-corrected chi connectivity index (χ4v) is 6.07. The Morgan fingerprint density at radius 3 is 2.12 bits per heavy atom. The van der Waals surface area contributed by atoms with Gasteiger partial charge in [-0.2, -0.15) is 4.31 Å². The zero-order chi connectivity index (χ0) is 31.1. The molecule has 3 aromatic rings. The molecule has 0 saturated carbocycles. The van der Waals surface area contributed by atoms with Crippen molar-refractivity contribution < 1.29 is 27.9 Å². The van der Waals surface area contributed by atoms with Crippen LogP contribution < -0.4 is 10.6 Å². The summed E-state index contributed by atoms with van der Waals surface area (Å²) in [6.45, 7) is -0.447. The van der Waals surface area contributed by atoms with E-state index in [0.29, 0.717) is 11.4 Å². The van der Waals surface area contributed by atoms with Crippen molar-refractivity contribution in [3.63, 3.8) is 0 Å². The molecule has 3 amide bonds. The molecule has 3 heterocycles. The average Bonchev–Trinajstić information content (AvgIpc) is 3.00. The summed E-state index contributed by atoms with van der Waals surface area (Å²) in [5.74, 6) is -1.24. The maximum Gasteiger partial charge on any atom is 0.257 e. The van der Waals surface area contributed by atoms with Gasteiger partial charge >= 0.3 is 0 Å². The van der Waals surface area contributed by atoms with E-state index in [4.69, 9.17) is 11.6 Å². The molecule has 0 spiro atoms. The second-order valence-corrected chi connectivity index (χ2v) is 11.9. The van der Waals surface area contributed by atoms with Crippen LogP contribution in [0.5, 0.6) is 5.75 Å². The predicted octanol–water partition coefficient (Wildman–Crippen LogP) is 1.67. The molecule has 43 heavy (non-hydrogen) atoms. The number of hydrogen-bond donors (Lipinski definition) is 3. The Hall–Kier alpha value is -4.40. The maximum atomic E-state index is 13.9. The van der Waals surface area contributed by atoms with Crippen LogP contribution in [0, 0.1) is 0 Å². The molecule has 0 aliphatic carbocycles. The molecule has 2 unspecified atom stereocenters. The van der Waals surface area contributed by atoms with Crippen molar-refractivity contribution in [1.29, 1.82) is 0 Å². The predicted molar refractivity (Wildman–Crippen MR) is 159 cm³/mol. The van der Waals surface area contributed by atoms with Crippen LogP contribution in [0.3, 0.4) is 0 Å². The molecule has 0 bridgehead atoms. The number of pyridine rings is 1. The average molecular weight is 628 g/mol. The number of phenols is 1. The van der Waals surface area contributed by atoms with Crippen molar-refractivity contribution >= 4 is 45.4 Å². The Kier molecular flexibility index (Phi) is 10.1. The van der Waals surface area contributed by atoms with Gasteiger partial charge in [0.25, 0.3) is 5.91 Å². The van der Waals surface area contributed by atoms with Gasteiger partial charge in [-0.05, 0) is 36.4 Å². The SMILES string of the molecule is CNC(=O)CC1CN(S(=O)(=O)/C=C/c2ccc(Cl)cc2O)CC(CC(=O)NC)N1C(=O)c1cnc(-c2ccncc2)nc1. The molecular formula is C28H30ClN7O6S. The number of aromatic hydroxyl groups is 1. The number of aromatic nitrogens is 3. The summed E-state index contributed by atoms with van der Waals surface area (Å²) in [6.07, 6.45) is 6.65. The number of sulfonamides is 1.